The fraction of sp³-hybridized carbons (Fsp3) is 0.562. The zero-order valence-electron chi connectivity index (χ0n) is 12.9. The largest absolute Gasteiger partial charge is 0.488 e. The molecule has 5 nitrogen and oxygen atoms in total. The van der Waals surface area contributed by atoms with Gasteiger partial charge in [0.25, 0.3) is 0 Å². The first-order valence-corrected chi connectivity index (χ1v) is 7.56. The van der Waals surface area contributed by atoms with Crippen molar-refractivity contribution in [1.82, 2.24) is 5.32 Å². The topological polar surface area (TPSA) is 68.9 Å². The van der Waals surface area contributed by atoms with Crippen LogP contribution in [0.2, 0.25) is 0 Å². The van der Waals surface area contributed by atoms with Gasteiger partial charge in [0.15, 0.2) is 5.96 Å². The molecule has 1 fully saturated rings. The fourth-order valence-electron chi connectivity index (χ4n) is 2.17. The summed E-state index contributed by atoms with van der Waals surface area (Å²) in [5.41, 5.74) is 8.05. The summed E-state index contributed by atoms with van der Waals surface area (Å²) < 4.78 is 11.4. The molecule has 116 valence electrons. The second kappa shape index (κ2) is 7.88. The van der Waals surface area contributed by atoms with Crippen molar-refractivity contribution < 1.29 is 9.47 Å². The summed E-state index contributed by atoms with van der Waals surface area (Å²) >= 11 is 0. The molecule has 0 bridgehead atoms. The first-order valence-electron chi connectivity index (χ1n) is 7.56. The number of benzene rings is 1. The molecule has 21 heavy (non-hydrogen) atoms. The van der Waals surface area contributed by atoms with Crippen molar-refractivity contribution >= 4 is 5.96 Å². The second-order valence-electron chi connectivity index (χ2n) is 5.34. The number of hydrogen-bond donors (Lipinski definition) is 2. The monoisotopic (exact) mass is 291 g/mol. The summed E-state index contributed by atoms with van der Waals surface area (Å²) in [6, 6.07) is 6.18. The number of guanidine groups is 1. The maximum atomic E-state index is 6.05. The van der Waals surface area contributed by atoms with Crippen molar-refractivity contribution in [2.45, 2.75) is 39.3 Å². The third-order valence-corrected chi connectivity index (χ3v) is 3.38. The summed E-state index contributed by atoms with van der Waals surface area (Å²) in [5, 5.41) is 3.07. The van der Waals surface area contributed by atoms with E-state index in [1.807, 2.05) is 0 Å². The number of nitrogens with two attached hydrogens (primary N) is 1. The molecule has 0 radical (unpaired) electrons. The zero-order chi connectivity index (χ0) is 15.1. The number of nitrogens with one attached hydrogen (secondary N) is 1. The molecule has 1 unspecified atom stereocenters. The Morgan fingerprint density at radius 2 is 2.38 bits per heavy atom. The number of aliphatic imine (C=N–C) groups is 1. The minimum Gasteiger partial charge on any atom is -0.488 e. The van der Waals surface area contributed by atoms with Crippen molar-refractivity contribution in [2.75, 3.05) is 19.8 Å². The van der Waals surface area contributed by atoms with Gasteiger partial charge >= 0.3 is 0 Å². The third-order valence-electron chi connectivity index (χ3n) is 3.38. The molecule has 2 rings (SSSR count). The molecule has 0 spiro atoms. The number of rotatable bonds is 6. The summed E-state index contributed by atoms with van der Waals surface area (Å²) in [7, 11) is 0. The van der Waals surface area contributed by atoms with Gasteiger partial charge in [0, 0.05) is 18.5 Å². The van der Waals surface area contributed by atoms with Crippen LogP contribution in [0.5, 0.6) is 5.75 Å². The highest BCUT2D eigenvalue weighted by atomic mass is 16.5. The van der Waals surface area contributed by atoms with Crippen LogP contribution in [-0.4, -0.2) is 31.8 Å². The first kappa shape index (κ1) is 15.6. The molecule has 0 amide bonds. The van der Waals surface area contributed by atoms with Gasteiger partial charge in [-0.1, -0.05) is 19.1 Å². The Labute approximate surface area is 126 Å². The van der Waals surface area contributed by atoms with Crippen LogP contribution >= 0.6 is 0 Å². The molecular formula is C16H25N3O2. The molecular weight excluding hydrogens is 266 g/mol. The Morgan fingerprint density at radius 3 is 3.10 bits per heavy atom. The standard InChI is InChI=1S/C16H25N3O2/c1-3-7-18-16(17)19-10-13-5-4-12(2)9-15(13)21-14-6-8-20-11-14/h4-5,9,14H,3,6-8,10-11H2,1-2H3,(H3,17,18,19). The maximum absolute atomic E-state index is 6.05. The van der Waals surface area contributed by atoms with E-state index >= 15 is 0 Å². The molecule has 1 aliphatic heterocycles. The number of nitrogens with zero attached hydrogens (tertiary/aromatic N) is 1. The van der Waals surface area contributed by atoms with Crippen LogP contribution in [0.25, 0.3) is 0 Å². The van der Waals surface area contributed by atoms with Crippen LogP contribution in [-0.2, 0) is 11.3 Å². The van der Waals surface area contributed by atoms with E-state index in [1.165, 1.54) is 5.56 Å². The average molecular weight is 291 g/mol. The highest BCUT2D eigenvalue weighted by molar-refractivity contribution is 5.77. The van der Waals surface area contributed by atoms with Gasteiger partial charge in [-0.15, -0.1) is 0 Å². The smallest absolute Gasteiger partial charge is 0.188 e. The highest BCUT2D eigenvalue weighted by Gasteiger charge is 2.18. The minimum atomic E-state index is 0.144. The predicted octanol–water partition coefficient (Wildman–Crippen LogP) is 1.98. The average Bonchev–Trinajstić information content (AvgIpc) is 2.97. The lowest BCUT2D eigenvalue weighted by Crippen LogP contribution is -2.32. The van der Waals surface area contributed by atoms with Gasteiger partial charge in [0.1, 0.15) is 11.9 Å². The van der Waals surface area contributed by atoms with E-state index in [0.717, 1.165) is 37.3 Å². The Kier molecular flexibility index (Phi) is 5.87. The van der Waals surface area contributed by atoms with Gasteiger partial charge in [0.2, 0.25) is 0 Å². The lowest BCUT2D eigenvalue weighted by atomic mass is 10.1. The van der Waals surface area contributed by atoms with Crippen molar-refractivity contribution in [1.29, 1.82) is 0 Å². The Morgan fingerprint density at radius 1 is 1.52 bits per heavy atom. The summed E-state index contributed by atoms with van der Waals surface area (Å²) in [6.07, 6.45) is 2.11. The van der Waals surface area contributed by atoms with Crippen LogP contribution in [0.1, 0.15) is 30.9 Å². The van der Waals surface area contributed by atoms with Crippen LogP contribution < -0.4 is 15.8 Å². The van der Waals surface area contributed by atoms with Crippen LogP contribution in [0.3, 0.4) is 0 Å². The van der Waals surface area contributed by atoms with E-state index in [-0.39, 0.29) is 6.10 Å². The van der Waals surface area contributed by atoms with E-state index < -0.39 is 0 Å². The Balaban J connectivity index is 2.03. The molecule has 0 aromatic heterocycles. The molecule has 1 atom stereocenters. The van der Waals surface area contributed by atoms with E-state index in [0.29, 0.717) is 19.1 Å². The lowest BCUT2D eigenvalue weighted by molar-refractivity contribution is 0.140. The fourth-order valence-corrected chi connectivity index (χ4v) is 2.17. The van der Waals surface area contributed by atoms with E-state index in [4.69, 9.17) is 15.2 Å². The molecule has 1 aromatic carbocycles. The predicted molar refractivity (Wildman–Crippen MR) is 84.7 cm³/mol. The van der Waals surface area contributed by atoms with Gasteiger partial charge in [-0.3, -0.25) is 0 Å². The van der Waals surface area contributed by atoms with Gasteiger partial charge < -0.3 is 20.5 Å². The normalized spacial score (nSPS) is 18.8. The quantitative estimate of drug-likeness (QED) is 0.621. The maximum Gasteiger partial charge on any atom is 0.188 e. The zero-order valence-corrected chi connectivity index (χ0v) is 12.9. The Hall–Kier alpha value is -1.75. The summed E-state index contributed by atoms with van der Waals surface area (Å²) in [6.45, 7) is 6.95. The molecule has 5 heteroatoms. The number of ether oxygens (including phenoxy) is 2. The Bertz CT molecular complexity index is 482. The van der Waals surface area contributed by atoms with Gasteiger partial charge in [-0.2, -0.15) is 0 Å². The van der Waals surface area contributed by atoms with Crippen LogP contribution in [0.4, 0.5) is 0 Å². The van der Waals surface area contributed by atoms with Crippen molar-refractivity contribution in [3.63, 3.8) is 0 Å². The SMILES string of the molecule is CCCNC(N)=NCc1ccc(C)cc1OC1CCOC1. The molecule has 1 aromatic rings. The van der Waals surface area contributed by atoms with Gasteiger partial charge in [-0.25, -0.2) is 4.99 Å². The molecule has 3 N–H and O–H groups in total. The highest BCUT2D eigenvalue weighted by Crippen LogP contribution is 2.24. The van der Waals surface area contributed by atoms with Crippen LogP contribution in [0.15, 0.2) is 23.2 Å². The first-order chi connectivity index (χ1) is 10.2. The summed E-state index contributed by atoms with van der Waals surface area (Å²) in [5.74, 6) is 1.37. The lowest BCUT2D eigenvalue weighted by Gasteiger charge is -2.15. The summed E-state index contributed by atoms with van der Waals surface area (Å²) in [4.78, 5) is 4.37. The molecule has 0 aliphatic carbocycles. The van der Waals surface area contributed by atoms with Crippen molar-refractivity contribution in [3.8, 4) is 5.75 Å². The molecule has 1 saturated heterocycles. The van der Waals surface area contributed by atoms with E-state index in [1.54, 1.807) is 0 Å². The minimum absolute atomic E-state index is 0.144. The van der Waals surface area contributed by atoms with Gasteiger partial charge in [0.05, 0.1) is 19.8 Å². The van der Waals surface area contributed by atoms with Crippen LogP contribution in [0, 0.1) is 6.92 Å². The third kappa shape index (κ3) is 4.93. The van der Waals surface area contributed by atoms with Crippen molar-refractivity contribution in [2.24, 2.45) is 10.7 Å². The van der Waals surface area contributed by atoms with E-state index in [2.05, 4.69) is 42.4 Å². The van der Waals surface area contributed by atoms with E-state index in [9.17, 15) is 0 Å². The molecule has 1 heterocycles. The van der Waals surface area contributed by atoms with Crippen molar-refractivity contribution in [3.05, 3.63) is 29.3 Å². The second-order valence-corrected chi connectivity index (χ2v) is 5.34. The molecule has 0 saturated carbocycles. The van der Waals surface area contributed by atoms with Gasteiger partial charge in [-0.05, 0) is 25.0 Å². The molecule has 1 aliphatic rings. The number of aryl methyl sites for hydroxylation is 1. The number of hydrogen-bond acceptors (Lipinski definition) is 3.